The molecule has 20 heavy (non-hydrogen) atoms. The zero-order valence-corrected chi connectivity index (χ0v) is 12.2. The summed E-state index contributed by atoms with van der Waals surface area (Å²) >= 11 is 0. The monoisotopic (exact) mass is 304 g/mol. The van der Waals surface area contributed by atoms with Gasteiger partial charge in [0.1, 0.15) is 0 Å². The Morgan fingerprint density at radius 2 is 1.30 bits per heavy atom. The van der Waals surface area contributed by atoms with E-state index in [-0.39, 0.29) is 17.1 Å². The average Bonchev–Trinajstić information content (AvgIpc) is 3.20. The van der Waals surface area contributed by atoms with Crippen LogP contribution in [0.15, 0.2) is 18.2 Å². The van der Waals surface area contributed by atoms with Crippen molar-refractivity contribution in [3.63, 3.8) is 0 Å². The van der Waals surface area contributed by atoms with Crippen molar-refractivity contribution in [2.75, 3.05) is 0 Å². The van der Waals surface area contributed by atoms with Crippen LogP contribution in [0.5, 0.6) is 0 Å². The SMILES string of the molecule is [CH]1[CH][CH][CH][CH]1.[CH]1[CH][CH][C](c2ccc3c(c2)COC3)[CH]1.[Fe+2]. The molecule has 0 aromatic heterocycles. The Bertz CT molecular complexity index is 398. The number of fused-ring (bicyclic) bond motifs is 1. The fraction of sp³-hybridized carbons (Fsp3) is 0.111. The van der Waals surface area contributed by atoms with Gasteiger partial charge in [0.2, 0.25) is 0 Å². The fourth-order valence-electron chi connectivity index (χ4n) is 2.24. The second kappa shape index (κ2) is 8.22. The second-order valence-electron chi connectivity index (χ2n) is 4.61. The van der Waals surface area contributed by atoms with Crippen LogP contribution in [0.3, 0.4) is 0 Å². The van der Waals surface area contributed by atoms with Crippen LogP contribution in [-0.2, 0) is 35.0 Å². The first kappa shape index (κ1) is 16.1. The van der Waals surface area contributed by atoms with Gasteiger partial charge >= 0.3 is 17.1 Å². The first-order valence-electron chi connectivity index (χ1n) is 6.52. The molecule has 1 nitrogen and oxygen atoms in total. The van der Waals surface area contributed by atoms with E-state index >= 15 is 0 Å². The smallest absolute Gasteiger partial charge is 0.372 e. The number of ether oxygens (including phenoxy) is 1. The van der Waals surface area contributed by atoms with Gasteiger partial charge in [-0.15, -0.1) is 0 Å². The molecule has 0 unspecified atom stereocenters. The molecule has 2 saturated carbocycles. The fourth-order valence-corrected chi connectivity index (χ4v) is 2.24. The van der Waals surface area contributed by atoms with Gasteiger partial charge in [0, 0.05) is 5.92 Å². The number of hydrogen-bond donors (Lipinski definition) is 0. The van der Waals surface area contributed by atoms with Gasteiger partial charge in [-0.3, -0.25) is 0 Å². The molecule has 2 aliphatic carbocycles. The van der Waals surface area contributed by atoms with Crippen LogP contribution in [-0.4, -0.2) is 0 Å². The van der Waals surface area contributed by atoms with Gasteiger partial charge in [-0.05, 0) is 74.5 Å². The first-order valence-corrected chi connectivity index (χ1v) is 6.52. The molecule has 0 saturated heterocycles. The van der Waals surface area contributed by atoms with Crippen LogP contribution < -0.4 is 0 Å². The summed E-state index contributed by atoms with van der Waals surface area (Å²) < 4.78 is 5.39. The first-order chi connectivity index (χ1) is 9.43. The van der Waals surface area contributed by atoms with Crippen molar-refractivity contribution >= 4 is 0 Å². The van der Waals surface area contributed by atoms with Crippen molar-refractivity contribution in [3.8, 4) is 0 Å². The van der Waals surface area contributed by atoms with Crippen molar-refractivity contribution in [1.82, 2.24) is 0 Å². The summed E-state index contributed by atoms with van der Waals surface area (Å²) in [4.78, 5) is 0. The summed E-state index contributed by atoms with van der Waals surface area (Å²) in [6.45, 7) is 1.54. The zero-order chi connectivity index (χ0) is 12.9. The van der Waals surface area contributed by atoms with E-state index in [1.54, 1.807) is 0 Å². The maximum Gasteiger partial charge on any atom is 2.00 e. The molecule has 1 aromatic rings. The molecule has 0 atom stereocenters. The Labute approximate surface area is 134 Å². The summed E-state index contributed by atoms with van der Waals surface area (Å²) in [6, 6.07) is 6.57. The Kier molecular flexibility index (Phi) is 6.61. The molecular weight excluding hydrogens is 288 g/mol. The molecule has 2 heteroatoms. The normalized spacial score (nSPS) is 21.0. The molecule has 0 amide bonds. The van der Waals surface area contributed by atoms with E-state index in [2.05, 4.69) is 43.9 Å². The predicted molar refractivity (Wildman–Crippen MR) is 76.0 cm³/mol. The molecule has 0 bridgehead atoms. The average molecular weight is 304 g/mol. The summed E-state index contributed by atoms with van der Waals surface area (Å²) in [5.41, 5.74) is 3.96. The topological polar surface area (TPSA) is 9.23 Å². The molecule has 3 aliphatic rings. The van der Waals surface area contributed by atoms with Gasteiger partial charge in [-0.25, -0.2) is 0 Å². The van der Waals surface area contributed by atoms with Crippen LogP contribution in [0.4, 0.5) is 0 Å². The van der Waals surface area contributed by atoms with Crippen LogP contribution in [0.25, 0.3) is 0 Å². The Morgan fingerprint density at radius 1 is 0.700 bits per heavy atom. The van der Waals surface area contributed by atoms with Crippen molar-refractivity contribution in [2.24, 2.45) is 0 Å². The number of benzene rings is 1. The van der Waals surface area contributed by atoms with Gasteiger partial charge in [0.15, 0.2) is 0 Å². The van der Waals surface area contributed by atoms with Gasteiger partial charge in [0.25, 0.3) is 0 Å². The maximum absolute atomic E-state index is 5.39. The quantitative estimate of drug-likeness (QED) is 0.722. The molecule has 2 fully saturated rings. The summed E-state index contributed by atoms with van der Waals surface area (Å²) in [7, 11) is 0. The van der Waals surface area contributed by atoms with E-state index in [0.29, 0.717) is 0 Å². The third kappa shape index (κ3) is 4.10. The Morgan fingerprint density at radius 3 is 1.95 bits per heavy atom. The zero-order valence-electron chi connectivity index (χ0n) is 11.1. The van der Waals surface area contributed by atoms with Gasteiger partial charge < -0.3 is 4.74 Å². The molecule has 1 aliphatic heterocycles. The summed E-state index contributed by atoms with van der Waals surface area (Å²) in [5.74, 6) is 1.29. The van der Waals surface area contributed by atoms with E-state index in [1.807, 2.05) is 32.1 Å². The Hall–Kier alpha value is -0.301. The van der Waals surface area contributed by atoms with E-state index in [4.69, 9.17) is 4.74 Å². The van der Waals surface area contributed by atoms with Gasteiger partial charge in [-0.2, -0.15) is 0 Å². The molecule has 10 radical (unpaired) electrons. The summed E-state index contributed by atoms with van der Waals surface area (Å²) in [6.07, 6.45) is 18.4. The second-order valence-corrected chi connectivity index (χ2v) is 4.61. The molecule has 1 heterocycles. The minimum absolute atomic E-state index is 0. The molecule has 0 N–H and O–H groups in total. The summed E-state index contributed by atoms with van der Waals surface area (Å²) in [5, 5.41) is 0. The third-order valence-electron chi connectivity index (χ3n) is 3.27. The van der Waals surface area contributed by atoms with Gasteiger partial charge in [-0.1, -0.05) is 18.2 Å². The van der Waals surface area contributed by atoms with Crippen molar-refractivity contribution in [2.45, 2.75) is 13.2 Å². The van der Waals surface area contributed by atoms with E-state index < -0.39 is 0 Å². The van der Waals surface area contributed by atoms with Crippen LogP contribution >= 0.6 is 0 Å². The van der Waals surface area contributed by atoms with Crippen LogP contribution in [0.2, 0.25) is 0 Å². The molecule has 0 spiro atoms. The van der Waals surface area contributed by atoms with Gasteiger partial charge in [0.05, 0.1) is 13.2 Å². The minimum atomic E-state index is 0. The number of hydrogen-bond acceptors (Lipinski definition) is 1. The molecule has 1 aromatic carbocycles. The van der Waals surface area contributed by atoms with Crippen molar-refractivity contribution in [3.05, 3.63) is 98.6 Å². The largest absolute Gasteiger partial charge is 2.00 e. The maximum atomic E-state index is 5.39. The van der Waals surface area contributed by atoms with E-state index in [9.17, 15) is 0 Å². The third-order valence-corrected chi connectivity index (χ3v) is 3.27. The van der Waals surface area contributed by atoms with Crippen LogP contribution in [0.1, 0.15) is 16.7 Å². The van der Waals surface area contributed by atoms with Crippen LogP contribution in [0, 0.1) is 63.7 Å². The van der Waals surface area contributed by atoms with Crippen molar-refractivity contribution in [1.29, 1.82) is 0 Å². The molecule has 4 rings (SSSR count). The number of rotatable bonds is 1. The van der Waals surface area contributed by atoms with Crippen molar-refractivity contribution < 1.29 is 21.8 Å². The minimum Gasteiger partial charge on any atom is -0.372 e. The molecule has 100 valence electrons. The Balaban J connectivity index is 0.000000210. The van der Waals surface area contributed by atoms with E-state index in [0.717, 1.165) is 13.2 Å². The predicted octanol–water partition coefficient (Wildman–Crippen LogP) is 3.49. The standard InChI is InChI=1S/C13H11O.C5H5.Fe/c1-2-4-10(3-1)11-5-6-12-8-14-9-13(12)7-11;1-2-4-5-3-1;/h1-7H,8-9H2;1-5H;/q;;+2. The van der Waals surface area contributed by atoms with E-state index in [1.165, 1.54) is 22.6 Å². The molecular formula is C18H16FeO+2.